The summed E-state index contributed by atoms with van der Waals surface area (Å²) >= 11 is 0. The molecule has 1 aromatic carbocycles. The minimum Gasteiger partial charge on any atom is -0.326 e. The van der Waals surface area contributed by atoms with Crippen molar-refractivity contribution in [1.82, 2.24) is 0 Å². The Morgan fingerprint density at radius 3 is 2.50 bits per heavy atom. The zero-order chi connectivity index (χ0) is 14.4. The smallest absolute Gasteiger partial charge is 0.227 e. The summed E-state index contributed by atoms with van der Waals surface area (Å²) in [5.41, 5.74) is 1.48. The van der Waals surface area contributed by atoms with Crippen molar-refractivity contribution in [2.45, 2.75) is 45.4 Å². The van der Waals surface area contributed by atoms with E-state index in [4.69, 9.17) is 0 Å². The molecule has 0 bridgehead atoms. The Morgan fingerprint density at radius 1 is 1.15 bits per heavy atom. The second-order valence-corrected chi connectivity index (χ2v) is 5.35. The highest BCUT2D eigenvalue weighted by atomic mass is 16.2. The Morgan fingerprint density at radius 2 is 1.85 bits per heavy atom. The SMILES string of the molecule is CCCCCC(=O)Nc1cccc(NC(=O)C2CC2)c1. The van der Waals surface area contributed by atoms with Crippen molar-refractivity contribution in [3.63, 3.8) is 0 Å². The van der Waals surface area contributed by atoms with Gasteiger partial charge in [-0.15, -0.1) is 0 Å². The van der Waals surface area contributed by atoms with Gasteiger partial charge in [-0.05, 0) is 37.5 Å². The summed E-state index contributed by atoms with van der Waals surface area (Å²) in [5, 5.41) is 5.75. The fraction of sp³-hybridized carbons (Fsp3) is 0.500. The summed E-state index contributed by atoms with van der Waals surface area (Å²) in [5.74, 6) is 0.294. The highest BCUT2D eigenvalue weighted by Crippen LogP contribution is 2.30. The van der Waals surface area contributed by atoms with Crippen LogP contribution in [0.5, 0.6) is 0 Å². The minimum atomic E-state index is 0.0316. The molecular formula is C16H22N2O2. The fourth-order valence-corrected chi connectivity index (χ4v) is 2.02. The van der Waals surface area contributed by atoms with Gasteiger partial charge in [0.05, 0.1) is 0 Å². The van der Waals surface area contributed by atoms with Crippen LogP contribution in [0.25, 0.3) is 0 Å². The molecule has 2 N–H and O–H groups in total. The summed E-state index contributed by atoms with van der Waals surface area (Å²) in [6.45, 7) is 2.12. The maximum atomic E-state index is 11.7. The Labute approximate surface area is 119 Å². The van der Waals surface area contributed by atoms with Crippen molar-refractivity contribution in [2.75, 3.05) is 10.6 Å². The zero-order valence-electron chi connectivity index (χ0n) is 11.9. The molecule has 0 aliphatic heterocycles. The van der Waals surface area contributed by atoms with E-state index in [1.54, 1.807) is 6.07 Å². The van der Waals surface area contributed by atoms with E-state index in [-0.39, 0.29) is 17.7 Å². The molecule has 108 valence electrons. The lowest BCUT2D eigenvalue weighted by molar-refractivity contribution is -0.117. The molecule has 0 heterocycles. The zero-order valence-corrected chi connectivity index (χ0v) is 11.9. The van der Waals surface area contributed by atoms with Crippen LogP contribution in [0.4, 0.5) is 11.4 Å². The van der Waals surface area contributed by atoms with E-state index in [1.807, 2.05) is 18.2 Å². The molecule has 0 unspecified atom stereocenters. The summed E-state index contributed by atoms with van der Waals surface area (Å²) in [6, 6.07) is 7.32. The number of benzene rings is 1. The van der Waals surface area contributed by atoms with E-state index in [1.165, 1.54) is 0 Å². The second-order valence-electron chi connectivity index (χ2n) is 5.35. The molecule has 20 heavy (non-hydrogen) atoms. The van der Waals surface area contributed by atoms with E-state index in [0.717, 1.165) is 43.5 Å². The third-order valence-corrected chi connectivity index (χ3v) is 3.37. The molecule has 1 aliphatic carbocycles. The van der Waals surface area contributed by atoms with Crippen LogP contribution in [0.1, 0.15) is 45.4 Å². The van der Waals surface area contributed by atoms with Gasteiger partial charge in [0.2, 0.25) is 11.8 Å². The van der Waals surface area contributed by atoms with Gasteiger partial charge in [-0.25, -0.2) is 0 Å². The van der Waals surface area contributed by atoms with Gasteiger partial charge >= 0.3 is 0 Å². The number of hydrogen-bond donors (Lipinski definition) is 2. The first kappa shape index (κ1) is 14.6. The Balaban J connectivity index is 1.85. The predicted octanol–water partition coefficient (Wildman–Crippen LogP) is 3.55. The minimum absolute atomic E-state index is 0.0316. The van der Waals surface area contributed by atoms with Gasteiger partial charge in [0.25, 0.3) is 0 Å². The Hall–Kier alpha value is -1.84. The Kier molecular flexibility index (Phi) is 5.16. The molecule has 1 aliphatic rings. The van der Waals surface area contributed by atoms with Crippen LogP contribution >= 0.6 is 0 Å². The largest absolute Gasteiger partial charge is 0.326 e. The normalized spacial score (nSPS) is 13.8. The summed E-state index contributed by atoms with van der Waals surface area (Å²) in [4.78, 5) is 23.4. The first-order valence-corrected chi connectivity index (χ1v) is 7.40. The van der Waals surface area contributed by atoms with Crippen molar-refractivity contribution >= 4 is 23.2 Å². The van der Waals surface area contributed by atoms with Crippen LogP contribution in [-0.2, 0) is 9.59 Å². The third kappa shape index (κ3) is 4.68. The molecule has 2 rings (SSSR count). The predicted molar refractivity (Wildman–Crippen MR) is 80.6 cm³/mol. The van der Waals surface area contributed by atoms with Crippen LogP contribution in [0.15, 0.2) is 24.3 Å². The molecule has 0 saturated heterocycles. The van der Waals surface area contributed by atoms with Gasteiger partial charge in [0.1, 0.15) is 0 Å². The summed E-state index contributed by atoms with van der Waals surface area (Å²) < 4.78 is 0. The molecule has 0 radical (unpaired) electrons. The van der Waals surface area contributed by atoms with Gasteiger partial charge in [-0.3, -0.25) is 9.59 Å². The highest BCUT2D eigenvalue weighted by molar-refractivity contribution is 5.95. The van der Waals surface area contributed by atoms with Gasteiger partial charge in [-0.1, -0.05) is 25.8 Å². The lowest BCUT2D eigenvalue weighted by Crippen LogP contribution is -2.14. The van der Waals surface area contributed by atoms with Crippen molar-refractivity contribution < 1.29 is 9.59 Å². The van der Waals surface area contributed by atoms with Crippen LogP contribution < -0.4 is 10.6 Å². The van der Waals surface area contributed by atoms with E-state index in [9.17, 15) is 9.59 Å². The Bertz CT molecular complexity index is 481. The quantitative estimate of drug-likeness (QED) is 0.747. The van der Waals surface area contributed by atoms with Gasteiger partial charge in [0, 0.05) is 23.7 Å². The number of hydrogen-bond acceptors (Lipinski definition) is 2. The number of carbonyl (C=O) groups excluding carboxylic acids is 2. The van der Waals surface area contributed by atoms with Crippen molar-refractivity contribution in [2.24, 2.45) is 5.92 Å². The number of carbonyl (C=O) groups is 2. The van der Waals surface area contributed by atoms with Gasteiger partial charge in [0.15, 0.2) is 0 Å². The van der Waals surface area contributed by atoms with E-state index in [2.05, 4.69) is 17.6 Å². The van der Waals surface area contributed by atoms with Crippen LogP contribution in [0.3, 0.4) is 0 Å². The van der Waals surface area contributed by atoms with E-state index >= 15 is 0 Å². The van der Waals surface area contributed by atoms with Gasteiger partial charge < -0.3 is 10.6 Å². The lowest BCUT2D eigenvalue weighted by atomic mass is 10.2. The molecule has 0 spiro atoms. The third-order valence-electron chi connectivity index (χ3n) is 3.37. The van der Waals surface area contributed by atoms with Crippen LogP contribution in [-0.4, -0.2) is 11.8 Å². The van der Waals surface area contributed by atoms with Crippen LogP contribution in [0.2, 0.25) is 0 Å². The topological polar surface area (TPSA) is 58.2 Å². The first-order chi connectivity index (χ1) is 9.69. The first-order valence-electron chi connectivity index (χ1n) is 7.40. The maximum absolute atomic E-state index is 11.7. The van der Waals surface area contributed by atoms with Crippen LogP contribution in [0, 0.1) is 5.92 Å². The monoisotopic (exact) mass is 274 g/mol. The molecule has 1 saturated carbocycles. The van der Waals surface area contributed by atoms with E-state index < -0.39 is 0 Å². The maximum Gasteiger partial charge on any atom is 0.227 e. The fourth-order valence-electron chi connectivity index (χ4n) is 2.02. The number of amides is 2. The summed E-state index contributed by atoms with van der Waals surface area (Å²) in [7, 11) is 0. The number of anilines is 2. The lowest BCUT2D eigenvalue weighted by Gasteiger charge is -2.08. The average Bonchev–Trinajstić information content (AvgIpc) is 3.23. The van der Waals surface area contributed by atoms with E-state index in [0.29, 0.717) is 6.42 Å². The number of unbranched alkanes of at least 4 members (excludes halogenated alkanes) is 2. The number of rotatable bonds is 7. The number of nitrogens with one attached hydrogen (secondary N) is 2. The molecular weight excluding hydrogens is 252 g/mol. The molecule has 1 fully saturated rings. The molecule has 2 amide bonds. The highest BCUT2D eigenvalue weighted by Gasteiger charge is 2.29. The summed E-state index contributed by atoms with van der Waals surface area (Å²) in [6.07, 6.45) is 5.62. The van der Waals surface area contributed by atoms with Crippen molar-refractivity contribution in [1.29, 1.82) is 0 Å². The van der Waals surface area contributed by atoms with Gasteiger partial charge in [-0.2, -0.15) is 0 Å². The molecule has 4 nitrogen and oxygen atoms in total. The second kappa shape index (κ2) is 7.08. The standard InChI is InChI=1S/C16H22N2O2/c1-2-3-4-8-15(19)17-13-6-5-7-14(11-13)18-16(20)12-9-10-12/h5-7,11-12H,2-4,8-10H2,1H3,(H,17,19)(H,18,20). The average molecular weight is 274 g/mol. The van der Waals surface area contributed by atoms with Crippen molar-refractivity contribution in [3.8, 4) is 0 Å². The van der Waals surface area contributed by atoms with Crippen molar-refractivity contribution in [3.05, 3.63) is 24.3 Å². The molecule has 4 heteroatoms. The molecule has 0 aromatic heterocycles. The molecule has 1 aromatic rings. The molecule has 0 atom stereocenters.